The van der Waals surface area contributed by atoms with Gasteiger partial charge in [-0.05, 0) is 74.0 Å². The molecule has 6 unspecified atom stereocenters. The van der Waals surface area contributed by atoms with E-state index >= 15 is 0 Å². The van der Waals surface area contributed by atoms with Crippen molar-refractivity contribution in [3.8, 4) is 0 Å². The van der Waals surface area contributed by atoms with Crippen LogP contribution >= 0.6 is 16.3 Å². The summed E-state index contributed by atoms with van der Waals surface area (Å²) in [7, 11) is -1.81. The second-order valence-electron chi connectivity index (χ2n) is 14.9. The Kier molecular flexibility index (Phi) is 10.7. The van der Waals surface area contributed by atoms with E-state index in [1.54, 1.807) is 0 Å². The second kappa shape index (κ2) is 15.7. The molecule has 4 aliphatic rings. The molecule has 0 bridgehead atoms. The number of rotatable bonds is 9. The Morgan fingerprint density at radius 3 is 1.00 bits per heavy atom. The molecule has 0 saturated heterocycles. The van der Waals surface area contributed by atoms with Crippen LogP contribution in [0.1, 0.15) is 77.0 Å². The van der Waals surface area contributed by atoms with Crippen molar-refractivity contribution < 1.29 is 9.05 Å². The fraction of sp³-hybridized carbons (Fsp3) is 0.455. The van der Waals surface area contributed by atoms with Crippen LogP contribution < -0.4 is 21.2 Å². The van der Waals surface area contributed by atoms with Gasteiger partial charge in [0, 0.05) is 21.2 Å². The summed E-state index contributed by atoms with van der Waals surface area (Å²) < 4.78 is 15.4. The molecule has 4 saturated carbocycles. The lowest BCUT2D eigenvalue weighted by molar-refractivity contribution is -0.105. The van der Waals surface area contributed by atoms with Crippen LogP contribution in [0.2, 0.25) is 0 Å². The minimum Gasteiger partial charge on any atom is -0.346 e. The van der Waals surface area contributed by atoms with Gasteiger partial charge in [0.2, 0.25) is 0 Å². The minimum atomic E-state index is -0.905. The van der Waals surface area contributed by atoms with Crippen molar-refractivity contribution in [2.45, 2.75) is 89.3 Å². The van der Waals surface area contributed by atoms with E-state index in [0.29, 0.717) is 11.8 Å². The molecule has 4 aromatic rings. The normalized spacial score (nSPS) is 30.5. The average Bonchev–Trinajstić information content (AvgIpc) is 3.17. The zero-order valence-electron chi connectivity index (χ0n) is 28.4. The molecule has 0 aliphatic heterocycles. The summed E-state index contributed by atoms with van der Waals surface area (Å²) in [5.41, 5.74) is 0. The highest BCUT2D eigenvalue weighted by Gasteiger charge is 2.53. The Morgan fingerprint density at radius 2 is 0.667 bits per heavy atom. The molecule has 4 fully saturated rings. The fourth-order valence-corrected chi connectivity index (χ4v) is 14.2. The molecular weight excluding hydrogens is 622 g/mol. The molecule has 4 aromatic carbocycles. The molecular formula is C44H52O2P2. The molecule has 2 nitrogen and oxygen atoms in total. The zero-order chi connectivity index (χ0) is 32.1. The highest BCUT2D eigenvalue weighted by molar-refractivity contribution is 7.68. The molecule has 250 valence electrons. The molecule has 0 amide bonds. The Morgan fingerprint density at radius 1 is 0.354 bits per heavy atom. The summed E-state index contributed by atoms with van der Waals surface area (Å²) in [4.78, 5) is 0. The summed E-state index contributed by atoms with van der Waals surface area (Å²) in [6.07, 6.45) is 16.7. The van der Waals surface area contributed by atoms with Gasteiger partial charge in [0.1, 0.15) is 0 Å². The third kappa shape index (κ3) is 7.12. The standard InChI is InChI=1S/C44H52O2P2/c1-5-19-35(20-6-1)47(36-21-7-2-8-22-36)45-41-31-29-33-17-13-15-27-39(33)43(41)44-40-28-16-14-18-34(40)30-32-42(44)46-48(37-23-9-3-10-24-37)38-25-11-4-12-26-38/h1-12,19-26,33-34,39-44H,13-18,27-32H2/t33?,34?,39?,40?,41-,42-,43?,44?/m0/s1. The fourth-order valence-electron chi connectivity index (χ4n) is 10.3. The van der Waals surface area contributed by atoms with Crippen molar-refractivity contribution in [1.29, 1.82) is 0 Å². The number of hydrogen-bond acceptors (Lipinski definition) is 2. The van der Waals surface area contributed by atoms with Crippen molar-refractivity contribution in [3.63, 3.8) is 0 Å². The smallest absolute Gasteiger partial charge is 0.0921 e. The third-order valence-corrected chi connectivity index (χ3v) is 16.3. The van der Waals surface area contributed by atoms with Crippen LogP contribution in [0.4, 0.5) is 0 Å². The van der Waals surface area contributed by atoms with Gasteiger partial charge in [-0.3, -0.25) is 0 Å². The average molecular weight is 675 g/mol. The van der Waals surface area contributed by atoms with Gasteiger partial charge in [-0.15, -0.1) is 0 Å². The molecule has 0 aromatic heterocycles. The predicted octanol–water partition coefficient (Wildman–Crippen LogP) is 10.3. The van der Waals surface area contributed by atoms with Crippen molar-refractivity contribution in [1.82, 2.24) is 0 Å². The van der Waals surface area contributed by atoms with Crippen LogP contribution in [0.15, 0.2) is 121 Å². The predicted molar refractivity (Wildman–Crippen MR) is 204 cm³/mol. The monoisotopic (exact) mass is 674 g/mol. The van der Waals surface area contributed by atoms with E-state index < -0.39 is 16.3 Å². The SMILES string of the molecule is c1ccc(P(O[C@H]2CCC3CCCCC3C2C2C3CCCCC3CC[C@@H]2OP(c2ccccc2)c2ccccc2)c2ccccc2)cc1. The van der Waals surface area contributed by atoms with Gasteiger partial charge < -0.3 is 9.05 Å². The van der Waals surface area contributed by atoms with Crippen molar-refractivity contribution in [2.75, 3.05) is 0 Å². The van der Waals surface area contributed by atoms with Crippen LogP contribution in [-0.4, -0.2) is 12.2 Å². The molecule has 8 rings (SSSR count). The van der Waals surface area contributed by atoms with E-state index in [1.807, 2.05) is 0 Å². The van der Waals surface area contributed by atoms with Crippen LogP contribution in [0, 0.1) is 35.5 Å². The number of hydrogen-bond donors (Lipinski definition) is 0. The maximum Gasteiger partial charge on any atom is 0.0921 e. The van der Waals surface area contributed by atoms with Gasteiger partial charge in [-0.25, -0.2) is 0 Å². The third-order valence-electron chi connectivity index (χ3n) is 12.3. The van der Waals surface area contributed by atoms with E-state index in [0.717, 1.165) is 23.7 Å². The van der Waals surface area contributed by atoms with E-state index in [1.165, 1.54) is 98.3 Å². The minimum absolute atomic E-state index is 0.271. The maximum atomic E-state index is 7.70. The molecule has 0 radical (unpaired) electrons. The summed E-state index contributed by atoms with van der Waals surface area (Å²) in [5.74, 6) is 4.30. The summed E-state index contributed by atoms with van der Waals surface area (Å²) in [6, 6.07) is 44.5. The molecule has 8 atom stereocenters. The Hall–Kier alpha value is -2.34. The number of fused-ring (bicyclic) bond motifs is 2. The largest absolute Gasteiger partial charge is 0.346 e. The van der Waals surface area contributed by atoms with Gasteiger partial charge in [0.25, 0.3) is 0 Å². The van der Waals surface area contributed by atoms with Gasteiger partial charge in [0.05, 0.1) is 28.5 Å². The number of benzene rings is 4. The van der Waals surface area contributed by atoms with Crippen molar-refractivity contribution in [2.24, 2.45) is 35.5 Å². The molecule has 4 aliphatic carbocycles. The molecule has 0 spiro atoms. The first-order chi connectivity index (χ1) is 23.8. The Labute approximate surface area is 291 Å². The van der Waals surface area contributed by atoms with Gasteiger partial charge in [-0.1, -0.05) is 160 Å². The van der Waals surface area contributed by atoms with E-state index in [2.05, 4.69) is 121 Å². The molecule has 48 heavy (non-hydrogen) atoms. The highest BCUT2D eigenvalue weighted by atomic mass is 31.1. The first kappa shape index (κ1) is 32.8. The maximum absolute atomic E-state index is 7.70. The van der Waals surface area contributed by atoms with Crippen LogP contribution in [0.5, 0.6) is 0 Å². The summed E-state index contributed by atoms with van der Waals surface area (Å²) in [5, 5.41) is 5.36. The van der Waals surface area contributed by atoms with Crippen molar-refractivity contribution in [3.05, 3.63) is 121 Å². The lowest BCUT2D eigenvalue weighted by atomic mass is 9.53. The molecule has 0 heterocycles. The zero-order valence-corrected chi connectivity index (χ0v) is 30.2. The summed E-state index contributed by atoms with van der Waals surface area (Å²) >= 11 is 0. The molecule has 4 heteroatoms. The molecule has 0 N–H and O–H groups in total. The lowest BCUT2D eigenvalue weighted by Crippen LogP contribution is -2.53. The van der Waals surface area contributed by atoms with Crippen LogP contribution in [0.25, 0.3) is 0 Å². The topological polar surface area (TPSA) is 18.5 Å². The van der Waals surface area contributed by atoms with Crippen LogP contribution in [-0.2, 0) is 9.05 Å². The first-order valence-corrected chi connectivity index (χ1v) is 21.5. The van der Waals surface area contributed by atoms with E-state index in [9.17, 15) is 0 Å². The van der Waals surface area contributed by atoms with Crippen molar-refractivity contribution >= 4 is 37.5 Å². The highest BCUT2D eigenvalue weighted by Crippen LogP contribution is 2.58. The van der Waals surface area contributed by atoms with Gasteiger partial charge in [0.15, 0.2) is 0 Å². The second-order valence-corrected chi connectivity index (χ2v) is 18.6. The Bertz CT molecular complexity index is 1350. The first-order valence-electron chi connectivity index (χ1n) is 19.0. The quantitative estimate of drug-likeness (QED) is 0.165. The van der Waals surface area contributed by atoms with Gasteiger partial charge >= 0.3 is 0 Å². The lowest BCUT2D eigenvalue weighted by Gasteiger charge is -2.56. The van der Waals surface area contributed by atoms with Crippen LogP contribution in [0.3, 0.4) is 0 Å². The Balaban J connectivity index is 1.19. The summed E-state index contributed by atoms with van der Waals surface area (Å²) in [6.45, 7) is 0. The van der Waals surface area contributed by atoms with E-state index in [4.69, 9.17) is 9.05 Å². The van der Waals surface area contributed by atoms with Gasteiger partial charge in [-0.2, -0.15) is 0 Å². The van der Waals surface area contributed by atoms with E-state index in [-0.39, 0.29) is 12.2 Å².